The maximum Gasteiger partial charge on any atom is 0.338 e. The topological polar surface area (TPSA) is 64.6 Å². The van der Waals surface area contributed by atoms with Crippen LogP contribution in [-0.4, -0.2) is 25.1 Å². The van der Waals surface area contributed by atoms with Gasteiger partial charge in [0, 0.05) is 17.1 Å². The molecule has 1 amide bonds. The molecule has 28 heavy (non-hydrogen) atoms. The summed E-state index contributed by atoms with van der Waals surface area (Å²) in [5.74, 6) is 0.321. The third-order valence-electron chi connectivity index (χ3n) is 4.08. The van der Waals surface area contributed by atoms with E-state index < -0.39 is 0 Å². The minimum Gasteiger partial charge on any atom is -0.493 e. The molecule has 0 aromatic heterocycles. The molecule has 0 spiro atoms. The summed E-state index contributed by atoms with van der Waals surface area (Å²) >= 11 is 5.92. The van der Waals surface area contributed by atoms with E-state index in [1.54, 1.807) is 30.3 Å². The molecule has 2 aromatic carbocycles. The molecule has 0 aliphatic rings. The fourth-order valence-electron chi connectivity index (χ4n) is 2.50. The maximum atomic E-state index is 12.1. The quantitative estimate of drug-likeness (QED) is 0.426. The highest BCUT2D eigenvalue weighted by molar-refractivity contribution is 6.30. The Kier molecular flexibility index (Phi) is 8.82. The van der Waals surface area contributed by atoms with Crippen LogP contribution in [-0.2, 0) is 9.53 Å². The fourth-order valence-corrected chi connectivity index (χ4v) is 2.72. The molecule has 5 nitrogen and oxygen atoms in total. The number of benzene rings is 2. The summed E-state index contributed by atoms with van der Waals surface area (Å²) in [4.78, 5) is 23.9. The van der Waals surface area contributed by atoms with Gasteiger partial charge in [0.2, 0.25) is 5.91 Å². The third-order valence-corrected chi connectivity index (χ3v) is 4.31. The minimum atomic E-state index is -0.346. The Hall–Kier alpha value is -2.53. The Balaban J connectivity index is 1.71. The number of carbonyl (C=O) groups excluding carboxylic acids is 2. The van der Waals surface area contributed by atoms with Crippen molar-refractivity contribution in [1.29, 1.82) is 0 Å². The highest BCUT2D eigenvalue weighted by Gasteiger charge is 2.08. The van der Waals surface area contributed by atoms with Gasteiger partial charge in [-0.1, -0.05) is 24.9 Å². The van der Waals surface area contributed by atoms with Crippen LogP contribution in [0.15, 0.2) is 42.5 Å². The van der Waals surface area contributed by atoms with Crippen LogP contribution in [0, 0.1) is 6.92 Å². The molecule has 6 heteroatoms. The van der Waals surface area contributed by atoms with Gasteiger partial charge in [-0.2, -0.15) is 0 Å². The van der Waals surface area contributed by atoms with Crippen LogP contribution in [0.2, 0.25) is 5.02 Å². The molecule has 0 unspecified atom stereocenters. The number of unbranched alkanes of at least 4 members (excludes halogenated alkanes) is 1. The molecule has 0 aliphatic carbocycles. The first-order chi connectivity index (χ1) is 13.5. The predicted octanol–water partition coefficient (Wildman–Crippen LogP) is 5.40. The lowest BCUT2D eigenvalue weighted by Gasteiger charge is -2.10. The molecule has 0 radical (unpaired) electrons. The van der Waals surface area contributed by atoms with Gasteiger partial charge in [0.1, 0.15) is 5.75 Å². The zero-order valence-electron chi connectivity index (χ0n) is 16.3. The van der Waals surface area contributed by atoms with Gasteiger partial charge >= 0.3 is 5.97 Å². The van der Waals surface area contributed by atoms with Crippen LogP contribution in [0.3, 0.4) is 0 Å². The molecule has 0 saturated heterocycles. The third kappa shape index (κ3) is 7.24. The number of carbonyl (C=O) groups is 2. The number of amides is 1. The molecule has 2 rings (SSSR count). The van der Waals surface area contributed by atoms with E-state index in [1.165, 1.54) is 0 Å². The van der Waals surface area contributed by atoms with Gasteiger partial charge in [0.05, 0.1) is 18.8 Å². The lowest BCUT2D eigenvalue weighted by molar-refractivity contribution is -0.116. The highest BCUT2D eigenvalue weighted by Crippen LogP contribution is 2.22. The van der Waals surface area contributed by atoms with Crippen LogP contribution in [0.25, 0.3) is 0 Å². The molecule has 1 N–H and O–H groups in total. The molecule has 0 fully saturated rings. The number of hydrogen-bond acceptors (Lipinski definition) is 4. The van der Waals surface area contributed by atoms with Crippen molar-refractivity contribution in [2.45, 2.75) is 39.5 Å². The van der Waals surface area contributed by atoms with Crippen LogP contribution < -0.4 is 10.1 Å². The Morgan fingerprint density at radius 2 is 1.79 bits per heavy atom. The number of anilines is 1. The lowest BCUT2D eigenvalue weighted by atomic mass is 10.2. The first-order valence-electron chi connectivity index (χ1n) is 9.45. The van der Waals surface area contributed by atoms with E-state index in [1.807, 2.05) is 26.0 Å². The number of hydrogen-bond donors (Lipinski definition) is 1. The maximum absolute atomic E-state index is 12.1. The van der Waals surface area contributed by atoms with E-state index in [9.17, 15) is 9.59 Å². The molecule has 2 aromatic rings. The molecule has 0 saturated carbocycles. The predicted molar refractivity (Wildman–Crippen MR) is 111 cm³/mol. The van der Waals surface area contributed by atoms with E-state index in [4.69, 9.17) is 21.1 Å². The molecule has 0 aliphatic heterocycles. The van der Waals surface area contributed by atoms with Gasteiger partial charge in [-0.3, -0.25) is 4.79 Å². The van der Waals surface area contributed by atoms with Crippen LogP contribution >= 0.6 is 11.6 Å². The normalized spacial score (nSPS) is 10.4. The SMILES string of the molecule is CCCCOC(=O)c1ccc(NC(=O)CCCOc2ccc(Cl)cc2C)cc1. The van der Waals surface area contributed by atoms with Gasteiger partial charge in [-0.05, 0) is 67.8 Å². The van der Waals surface area contributed by atoms with Gasteiger partial charge in [0.15, 0.2) is 0 Å². The number of nitrogens with one attached hydrogen (secondary N) is 1. The fraction of sp³-hybridized carbons (Fsp3) is 0.364. The minimum absolute atomic E-state index is 0.102. The average Bonchev–Trinajstić information content (AvgIpc) is 2.67. The van der Waals surface area contributed by atoms with Gasteiger partial charge in [-0.25, -0.2) is 4.79 Å². The summed E-state index contributed by atoms with van der Waals surface area (Å²) in [5.41, 5.74) is 2.08. The number of ether oxygens (including phenoxy) is 2. The second kappa shape index (κ2) is 11.3. The molecule has 0 heterocycles. The second-order valence-corrected chi connectivity index (χ2v) is 6.91. The lowest BCUT2D eigenvalue weighted by Crippen LogP contribution is -2.13. The van der Waals surface area contributed by atoms with E-state index in [-0.39, 0.29) is 11.9 Å². The van der Waals surface area contributed by atoms with Crippen molar-refractivity contribution in [2.24, 2.45) is 0 Å². The number of esters is 1. The van der Waals surface area contributed by atoms with E-state index in [2.05, 4.69) is 5.32 Å². The average molecular weight is 404 g/mol. The molecule has 150 valence electrons. The van der Waals surface area contributed by atoms with Crippen molar-refractivity contribution >= 4 is 29.2 Å². The zero-order valence-corrected chi connectivity index (χ0v) is 17.1. The smallest absolute Gasteiger partial charge is 0.338 e. The van der Waals surface area contributed by atoms with Gasteiger partial charge < -0.3 is 14.8 Å². The zero-order chi connectivity index (χ0) is 20.4. The van der Waals surface area contributed by atoms with E-state index in [0.717, 1.165) is 24.2 Å². The van der Waals surface area contributed by atoms with Crippen molar-refractivity contribution in [1.82, 2.24) is 0 Å². The van der Waals surface area contributed by atoms with Crippen LogP contribution in [0.5, 0.6) is 5.75 Å². The number of halogens is 1. The summed E-state index contributed by atoms with van der Waals surface area (Å²) in [6, 6.07) is 12.1. The van der Waals surface area contributed by atoms with Crippen molar-refractivity contribution in [3.63, 3.8) is 0 Å². The summed E-state index contributed by atoms with van der Waals surface area (Å²) in [6.45, 7) is 4.83. The van der Waals surface area contributed by atoms with Crippen molar-refractivity contribution in [3.8, 4) is 5.75 Å². The summed E-state index contributed by atoms with van der Waals surface area (Å²) in [6.07, 6.45) is 2.76. The van der Waals surface area contributed by atoms with Crippen LogP contribution in [0.4, 0.5) is 5.69 Å². The Bertz CT molecular complexity index is 790. The standard InChI is InChI=1S/C22H26ClNO4/c1-3-4-13-28-22(26)17-7-10-19(11-8-17)24-21(25)6-5-14-27-20-12-9-18(23)15-16(20)2/h7-12,15H,3-6,13-14H2,1-2H3,(H,24,25). The largest absolute Gasteiger partial charge is 0.493 e. The van der Waals surface area contributed by atoms with Crippen molar-refractivity contribution in [3.05, 3.63) is 58.6 Å². The summed E-state index contributed by atoms with van der Waals surface area (Å²) in [7, 11) is 0. The first kappa shape index (κ1) is 21.8. The van der Waals surface area contributed by atoms with E-state index in [0.29, 0.717) is 42.3 Å². The van der Waals surface area contributed by atoms with Crippen molar-refractivity contribution in [2.75, 3.05) is 18.5 Å². The molecular weight excluding hydrogens is 378 g/mol. The number of rotatable bonds is 10. The Morgan fingerprint density at radius 3 is 2.46 bits per heavy atom. The van der Waals surface area contributed by atoms with Crippen molar-refractivity contribution < 1.29 is 19.1 Å². The second-order valence-electron chi connectivity index (χ2n) is 6.48. The molecule has 0 atom stereocenters. The van der Waals surface area contributed by atoms with Gasteiger partial charge in [-0.15, -0.1) is 0 Å². The monoisotopic (exact) mass is 403 g/mol. The molecule has 0 bridgehead atoms. The van der Waals surface area contributed by atoms with Crippen LogP contribution in [0.1, 0.15) is 48.5 Å². The Labute approximate surface area is 171 Å². The van der Waals surface area contributed by atoms with E-state index >= 15 is 0 Å². The Morgan fingerprint density at radius 1 is 1.04 bits per heavy atom. The van der Waals surface area contributed by atoms with Gasteiger partial charge in [0.25, 0.3) is 0 Å². The number of aryl methyl sites for hydroxylation is 1. The highest BCUT2D eigenvalue weighted by atomic mass is 35.5. The first-order valence-corrected chi connectivity index (χ1v) is 9.83. The summed E-state index contributed by atoms with van der Waals surface area (Å²) < 4.78 is 10.8. The summed E-state index contributed by atoms with van der Waals surface area (Å²) in [5, 5.41) is 3.48. The molecular formula is C22H26ClNO4.